The van der Waals surface area contributed by atoms with E-state index in [9.17, 15) is 17.8 Å². The molecule has 8 nitrogen and oxygen atoms in total. The standard InChI is InChI=1S/C12H13N3O5S2/c16-11-8-6-15(4-3-9(8)13-12(21)14-11)5-7-1-2-10(20-7)22(17,18)19/h1-2H,3-6H2,(H,17,18,19)(H2,13,14,16,21)/p-1. The van der Waals surface area contributed by atoms with E-state index in [-0.39, 0.29) is 5.56 Å². The van der Waals surface area contributed by atoms with Crippen LogP contribution in [0.2, 0.25) is 0 Å². The van der Waals surface area contributed by atoms with Gasteiger partial charge in [0.05, 0.1) is 12.1 Å². The highest BCUT2D eigenvalue weighted by Crippen LogP contribution is 2.19. The highest BCUT2D eigenvalue weighted by atomic mass is 32.2. The molecule has 3 heterocycles. The number of rotatable bonds is 3. The Morgan fingerprint density at radius 1 is 1.36 bits per heavy atom. The van der Waals surface area contributed by atoms with Crippen LogP contribution in [-0.4, -0.2) is 34.4 Å². The summed E-state index contributed by atoms with van der Waals surface area (Å²) in [5.41, 5.74) is 1.18. The molecule has 0 amide bonds. The summed E-state index contributed by atoms with van der Waals surface area (Å²) in [5.74, 6) is 0.359. The molecule has 2 aromatic heterocycles. The van der Waals surface area contributed by atoms with Crippen molar-refractivity contribution < 1.29 is 17.4 Å². The van der Waals surface area contributed by atoms with Crippen LogP contribution in [-0.2, 0) is 29.6 Å². The lowest BCUT2D eigenvalue weighted by atomic mass is 10.1. The molecule has 0 atom stereocenters. The van der Waals surface area contributed by atoms with Crippen LogP contribution in [0.4, 0.5) is 0 Å². The van der Waals surface area contributed by atoms with Crippen LogP contribution in [0.1, 0.15) is 17.0 Å². The third-order valence-electron chi connectivity index (χ3n) is 3.45. The molecule has 0 fully saturated rings. The van der Waals surface area contributed by atoms with Crippen LogP contribution in [0.5, 0.6) is 0 Å². The lowest BCUT2D eigenvalue weighted by molar-refractivity contribution is 0.215. The van der Waals surface area contributed by atoms with Gasteiger partial charge in [-0.05, 0) is 24.4 Å². The van der Waals surface area contributed by atoms with Gasteiger partial charge in [0, 0.05) is 25.2 Å². The highest BCUT2D eigenvalue weighted by molar-refractivity contribution is 7.85. The first-order valence-electron chi connectivity index (χ1n) is 6.44. The summed E-state index contributed by atoms with van der Waals surface area (Å²) < 4.78 is 37.9. The lowest BCUT2D eigenvalue weighted by Gasteiger charge is -2.26. The Morgan fingerprint density at radius 3 is 2.82 bits per heavy atom. The van der Waals surface area contributed by atoms with Gasteiger partial charge in [-0.3, -0.25) is 14.7 Å². The molecule has 1 aliphatic heterocycles. The first-order chi connectivity index (χ1) is 10.3. The van der Waals surface area contributed by atoms with E-state index in [1.807, 2.05) is 4.90 Å². The maximum Gasteiger partial charge on any atom is 0.256 e. The highest BCUT2D eigenvalue weighted by Gasteiger charge is 2.21. The second kappa shape index (κ2) is 5.47. The topological polar surface area (TPSA) is 122 Å². The average molecular weight is 342 g/mol. The molecule has 22 heavy (non-hydrogen) atoms. The van der Waals surface area contributed by atoms with Crippen molar-refractivity contribution in [2.45, 2.75) is 24.6 Å². The van der Waals surface area contributed by atoms with Gasteiger partial charge in [0.2, 0.25) is 5.09 Å². The zero-order valence-electron chi connectivity index (χ0n) is 11.3. The molecule has 0 bridgehead atoms. The Hall–Kier alpha value is -1.75. The SMILES string of the molecule is O=c1[nH]c(=S)[nH]c2c1CN(Cc1ccc(S(=O)(=O)[O-])o1)CC2. The van der Waals surface area contributed by atoms with Crippen molar-refractivity contribution in [1.29, 1.82) is 0 Å². The Kier molecular flexibility index (Phi) is 3.77. The van der Waals surface area contributed by atoms with Crippen molar-refractivity contribution in [3.63, 3.8) is 0 Å². The number of furan rings is 1. The van der Waals surface area contributed by atoms with Crippen LogP contribution in [0.15, 0.2) is 26.4 Å². The Morgan fingerprint density at radius 2 is 2.14 bits per heavy atom. The fourth-order valence-corrected chi connectivity index (χ4v) is 3.11. The van der Waals surface area contributed by atoms with E-state index in [0.717, 1.165) is 11.8 Å². The predicted molar refractivity (Wildman–Crippen MR) is 76.7 cm³/mol. The van der Waals surface area contributed by atoms with E-state index >= 15 is 0 Å². The largest absolute Gasteiger partial charge is 0.742 e. The normalized spacial score (nSPS) is 15.7. The van der Waals surface area contributed by atoms with Gasteiger partial charge in [-0.1, -0.05) is 0 Å². The van der Waals surface area contributed by atoms with Crippen molar-refractivity contribution in [2.24, 2.45) is 0 Å². The third kappa shape index (κ3) is 3.04. The summed E-state index contributed by atoms with van der Waals surface area (Å²) in [6.45, 7) is 1.35. The van der Waals surface area contributed by atoms with Gasteiger partial charge in [-0.15, -0.1) is 0 Å². The number of hydrogen-bond acceptors (Lipinski definition) is 7. The molecule has 0 spiro atoms. The number of nitrogens with one attached hydrogen (secondary N) is 2. The maximum atomic E-state index is 11.9. The maximum absolute atomic E-state index is 11.9. The lowest BCUT2D eigenvalue weighted by Crippen LogP contribution is -2.35. The monoisotopic (exact) mass is 342 g/mol. The summed E-state index contributed by atoms with van der Waals surface area (Å²) in [6, 6.07) is 2.59. The molecular weight excluding hydrogens is 330 g/mol. The van der Waals surface area contributed by atoms with Crippen molar-refractivity contribution in [1.82, 2.24) is 14.9 Å². The number of nitrogens with zero attached hydrogens (tertiary/aromatic N) is 1. The molecule has 2 N–H and O–H groups in total. The molecular formula is C12H12N3O5S2-. The molecule has 2 aromatic rings. The van der Waals surface area contributed by atoms with E-state index in [0.29, 0.717) is 42.1 Å². The van der Waals surface area contributed by atoms with Crippen molar-refractivity contribution in [3.8, 4) is 0 Å². The molecule has 0 aliphatic carbocycles. The molecule has 0 unspecified atom stereocenters. The first kappa shape index (κ1) is 15.2. The van der Waals surface area contributed by atoms with E-state index in [1.54, 1.807) is 0 Å². The van der Waals surface area contributed by atoms with Gasteiger partial charge < -0.3 is 14.0 Å². The molecule has 1 aliphatic rings. The second-order valence-electron chi connectivity index (χ2n) is 5.00. The fourth-order valence-electron chi connectivity index (χ4n) is 2.45. The molecule has 0 saturated heterocycles. The van der Waals surface area contributed by atoms with Crippen LogP contribution in [0, 0.1) is 4.77 Å². The molecule has 10 heteroatoms. The van der Waals surface area contributed by atoms with Crippen molar-refractivity contribution >= 4 is 22.3 Å². The van der Waals surface area contributed by atoms with Gasteiger partial charge >= 0.3 is 0 Å². The summed E-state index contributed by atoms with van der Waals surface area (Å²) >= 11 is 4.93. The molecule has 0 radical (unpaired) electrons. The average Bonchev–Trinajstić information content (AvgIpc) is 2.88. The number of aromatic amines is 2. The summed E-state index contributed by atoms with van der Waals surface area (Å²) in [5, 5.41) is -0.596. The fraction of sp³-hybridized carbons (Fsp3) is 0.333. The minimum Gasteiger partial charge on any atom is -0.742 e. The Balaban J connectivity index is 1.80. The van der Waals surface area contributed by atoms with E-state index in [4.69, 9.17) is 16.6 Å². The van der Waals surface area contributed by atoms with Gasteiger partial charge in [-0.2, -0.15) is 0 Å². The smallest absolute Gasteiger partial charge is 0.256 e. The Labute approximate surface area is 130 Å². The number of aromatic nitrogens is 2. The predicted octanol–water partition coefficient (Wildman–Crippen LogP) is 0.488. The summed E-state index contributed by atoms with van der Waals surface area (Å²) in [7, 11) is -4.59. The number of fused-ring (bicyclic) bond motifs is 1. The van der Waals surface area contributed by atoms with Crippen LogP contribution < -0.4 is 5.56 Å². The Bertz CT molecular complexity index is 925. The molecule has 0 saturated carbocycles. The van der Waals surface area contributed by atoms with Crippen molar-refractivity contribution in [3.05, 3.63) is 44.3 Å². The van der Waals surface area contributed by atoms with Gasteiger partial charge in [-0.25, -0.2) is 8.42 Å². The van der Waals surface area contributed by atoms with Gasteiger partial charge in [0.15, 0.2) is 14.9 Å². The molecule has 3 rings (SSSR count). The van der Waals surface area contributed by atoms with Crippen LogP contribution in [0.25, 0.3) is 0 Å². The van der Waals surface area contributed by atoms with E-state index < -0.39 is 15.2 Å². The summed E-state index contributed by atoms with van der Waals surface area (Å²) in [4.78, 5) is 19.3. The van der Waals surface area contributed by atoms with E-state index in [1.165, 1.54) is 6.07 Å². The van der Waals surface area contributed by atoms with Crippen LogP contribution >= 0.6 is 12.2 Å². The molecule has 118 valence electrons. The minimum absolute atomic E-state index is 0.231. The minimum atomic E-state index is -4.59. The second-order valence-corrected chi connectivity index (χ2v) is 6.72. The quantitative estimate of drug-likeness (QED) is 0.614. The number of H-pyrrole nitrogens is 2. The molecule has 0 aromatic carbocycles. The summed E-state index contributed by atoms with van der Waals surface area (Å²) in [6.07, 6.45) is 0.621. The van der Waals surface area contributed by atoms with Gasteiger partial charge in [0.1, 0.15) is 5.76 Å². The zero-order chi connectivity index (χ0) is 15.9. The zero-order valence-corrected chi connectivity index (χ0v) is 12.9. The van der Waals surface area contributed by atoms with Crippen LogP contribution in [0.3, 0.4) is 0 Å². The number of hydrogen-bond donors (Lipinski definition) is 2. The van der Waals surface area contributed by atoms with E-state index in [2.05, 4.69) is 9.97 Å². The van der Waals surface area contributed by atoms with Crippen molar-refractivity contribution in [2.75, 3.05) is 6.54 Å². The third-order valence-corrected chi connectivity index (χ3v) is 4.37. The first-order valence-corrected chi connectivity index (χ1v) is 8.26. The van der Waals surface area contributed by atoms with Gasteiger partial charge in [0.25, 0.3) is 5.56 Å².